The normalized spacial score (nSPS) is 14.9. The van der Waals surface area contributed by atoms with Crippen molar-refractivity contribution >= 4 is 11.6 Å². The Morgan fingerprint density at radius 3 is 2.52 bits per heavy atom. The molecule has 0 unspecified atom stereocenters. The molecule has 1 aliphatic heterocycles. The maximum Gasteiger partial charge on any atom is 0.416 e. The number of nitrogens with one attached hydrogen (secondary N) is 1. The first-order chi connectivity index (χ1) is 12.9. The van der Waals surface area contributed by atoms with Gasteiger partial charge in [0.25, 0.3) is 5.91 Å². The number of hydrogen-bond donors (Lipinski definition) is 1. The molecule has 0 aliphatic carbocycles. The molecule has 3 rings (SSSR count). The fourth-order valence-electron chi connectivity index (χ4n) is 3.14. The lowest BCUT2D eigenvalue weighted by molar-refractivity contribution is -0.138. The third-order valence-electron chi connectivity index (χ3n) is 4.65. The molecule has 0 radical (unpaired) electrons. The van der Waals surface area contributed by atoms with E-state index in [2.05, 4.69) is 5.32 Å². The number of alkyl halides is 3. The van der Waals surface area contributed by atoms with Gasteiger partial charge in [0.1, 0.15) is 0 Å². The predicted molar refractivity (Wildman–Crippen MR) is 96.7 cm³/mol. The Bertz CT molecular complexity index is 815. The molecule has 0 spiro atoms. The zero-order chi connectivity index (χ0) is 19.4. The average molecular weight is 378 g/mol. The fraction of sp³-hybridized carbons (Fsp3) is 0.350. The van der Waals surface area contributed by atoms with E-state index in [0.717, 1.165) is 11.6 Å². The molecule has 1 aliphatic rings. The van der Waals surface area contributed by atoms with E-state index in [9.17, 15) is 18.0 Å². The number of anilines is 1. The third kappa shape index (κ3) is 4.42. The SMILES string of the molecule is Cc1c(NCc2ccccc2C(F)(F)F)cccc1C(=O)N1CCOCC1. The minimum Gasteiger partial charge on any atom is -0.381 e. The van der Waals surface area contributed by atoms with Crippen molar-refractivity contribution < 1.29 is 22.7 Å². The van der Waals surface area contributed by atoms with Gasteiger partial charge in [-0.1, -0.05) is 24.3 Å². The molecular weight excluding hydrogens is 357 g/mol. The summed E-state index contributed by atoms with van der Waals surface area (Å²) in [7, 11) is 0. The molecule has 4 nitrogen and oxygen atoms in total. The fourth-order valence-corrected chi connectivity index (χ4v) is 3.14. The van der Waals surface area contributed by atoms with E-state index in [0.29, 0.717) is 37.6 Å². The first kappa shape index (κ1) is 19.2. The van der Waals surface area contributed by atoms with Crippen LogP contribution in [0.25, 0.3) is 0 Å². The maximum atomic E-state index is 13.1. The molecule has 144 valence electrons. The van der Waals surface area contributed by atoms with E-state index in [1.54, 1.807) is 36.1 Å². The first-order valence-electron chi connectivity index (χ1n) is 8.73. The van der Waals surface area contributed by atoms with E-state index in [1.807, 2.05) is 0 Å². The summed E-state index contributed by atoms with van der Waals surface area (Å²) in [5.41, 5.74) is 1.42. The number of benzene rings is 2. The van der Waals surface area contributed by atoms with Crippen LogP contribution in [0.4, 0.5) is 18.9 Å². The number of ether oxygens (including phenoxy) is 1. The second kappa shape index (κ2) is 8.00. The number of carbonyl (C=O) groups excluding carboxylic acids is 1. The molecule has 7 heteroatoms. The van der Waals surface area contributed by atoms with Gasteiger partial charge in [-0.3, -0.25) is 4.79 Å². The number of halogens is 3. The van der Waals surface area contributed by atoms with Gasteiger partial charge in [0.2, 0.25) is 0 Å². The van der Waals surface area contributed by atoms with Crippen molar-refractivity contribution in [3.63, 3.8) is 0 Å². The third-order valence-corrected chi connectivity index (χ3v) is 4.65. The van der Waals surface area contributed by atoms with Gasteiger partial charge >= 0.3 is 6.18 Å². The molecule has 2 aromatic carbocycles. The Kier molecular flexibility index (Phi) is 5.70. The van der Waals surface area contributed by atoms with Crippen molar-refractivity contribution in [3.05, 3.63) is 64.7 Å². The molecule has 1 N–H and O–H groups in total. The molecule has 1 saturated heterocycles. The van der Waals surface area contributed by atoms with Gasteiger partial charge in [0, 0.05) is 30.9 Å². The highest BCUT2D eigenvalue weighted by Crippen LogP contribution is 2.32. The topological polar surface area (TPSA) is 41.6 Å². The van der Waals surface area contributed by atoms with Crippen molar-refractivity contribution in [1.29, 1.82) is 0 Å². The molecule has 1 fully saturated rings. The summed E-state index contributed by atoms with van der Waals surface area (Å²) in [5, 5.41) is 3.04. The van der Waals surface area contributed by atoms with E-state index in [1.165, 1.54) is 12.1 Å². The molecule has 2 aromatic rings. The molecule has 0 bridgehead atoms. The summed E-state index contributed by atoms with van der Waals surface area (Å²) in [6.07, 6.45) is -4.40. The Hall–Kier alpha value is -2.54. The summed E-state index contributed by atoms with van der Waals surface area (Å²) in [6.45, 7) is 3.91. The van der Waals surface area contributed by atoms with Crippen LogP contribution in [0.2, 0.25) is 0 Å². The van der Waals surface area contributed by atoms with Crippen molar-refractivity contribution in [2.45, 2.75) is 19.6 Å². The Morgan fingerprint density at radius 1 is 1.11 bits per heavy atom. The van der Waals surface area contributed by atoms with Crippen LogP contribution in [-0.4, -0.2) is 37.1 Å². The van der Waals surface area contributed by atoms with Gasteiger partial charge in [-0.25, -0.2) is 0 Å². The quantitative estimate of drug-likeness (QED) is 0.871. The standard InChI is InChI=1S/C20H21F3N2O2/c1-14-16(19(26)25-9-11-27-12-10-25)6-4-8-18(14)24-13-15-5-2-3-7-17(15)20(21,22)23/h2-8,24H,9-13H2,1H3. The second-order valence-electron chi connectivity index (χ2n) is 6.39. The van der Waals surface area contributed by atoms with Gasteiger partial charge in [0.15, 0.2) is 0 Å². The van der Waals surface area contributed by atoms with Crippen molar-refractivity contribution in [3.8, 4) is 0 Å². The summed E-state index contributed by atoms with van der Waals surface area (Å²) in [6, 6.07) is 10.7. The van der Waals surface area contributed by atoms with Crippen molar-refractivity contribution in [2.24, 2.45) is 0 Å². The molecule has 27 heavy (non-hydrogen) atoms. The minimum absolute atomic E-state index is 0.0196. The summed E-state index contributed by atoms with van der Waals surface area (Å²) in [5.74, 6) is -0.0878. The Balaban J connectivity index is 1.78. The lowest BCUT2D eigenvalue weighted by atomic mass is 10.0. The van der Waals surface area contributed by atoms with Crippen LogP contribution in [-0.2, 0) is 17.5 Å². The first-order valence-corrected chi connectivity index (χ1v) is 8.73. The minimum atomic E-state index is -4.40. The molecule has 0 atom stereocenters. The smallest absolute Gasteiger partial charge is 0.381 e. The molecule has 0 aromatic heterocycles. The number of hydrogen-bond acceptors (Lipinski definition) is 3. The average Bonchev–Trinajstić information content (AvgIpc) is 2.67. The van der Waals surface area contributed by atoms with Crippen LogP contribution >= 0.6 is 0 Å². The summed E-state index contributed by atoms with van der Waals surface area (Å²) >= 11 is 0. The number of rotatable bonds is 4. The van der Waals surface area contributed by atoms with Gasteiger partial charge in [-0.15, -0.1) is 0 Å². The largest absolute Gasteiger partial charge is 0.416 e. The summed E-state index contributed by atoms with van der Waals surface area (Å²) < 4.78 is 44.7. The highest BCUT2D eigenvalue weighted by atomic mass is 19.4. The highest BCUT2D eigenvalue weighted by molar-refractivity contribution is 5.97. The Morgan fingerprint density at radius 2 is 1.81 bits per heavy atom. The monoisotopic (exact) mass is 378 g/mol. The zero-order valence-electron chi connectivity index (χ0n) is 15.0. The maximum absolute atomic E-state index is 13.1. The van der Waals surface area contributed by atoms with Gasteiger partial charge in [0.05, 0.1) is 18.8 Å². The number of morpholine rings is 1. The van der Waals surface area contributed by atoms with E-state index < -0.39 is 11.7 Å². The Labute approximate surface area is 155 Å². The van der Waals surface area contributed by atoms with Crippen molar-refractivity contribution in [2.75, 3.05) is 31.6 Å². The highest BCUT2D eigenvalue weighted by Gasteiger charge is 2.32. The van der Waals surface area contributed by atoms with E-state index in [4.69, 9.17) is 4.74 Å². The van der Waals surface area contributed by atoms with Gasteiger partial charge in [-0.05, 0) is 36.2 Å². The second-order valence-corrected chi connectivity index (χ2v) is 6.39. The molecule has 1 heterocycles. The van der Waals surface area contributed by atoms with Crippen LogP contribution < -0.4 is 5.32 Å². The van der Waals surface area contributed by atoms with Crippen LogP contribution in [0.1, 0.15) is 27.0 Å². The van der Waals surface area contributed by atoms with E-state index >= 15 is 0 Å². The number of carbonyl (C=O) groups is 1. The van der Waals surface area contributed by atoms with Crippen LogP contribution in [0, 0.1) is 6.92 Å². The predicted octanol–water partition coefficient (Wildman–Crippen LogP) is 4.10. The molecule has 0 saturated carbocycles. The van der Waals surface area contributed by atoms with Crippen LogP contribution in [0.15, 0.2) is 42.5 Å². The van der Waals surface area contributed by atoms with Gasteiger partial charge < -0.3 is 15.0 Å². The summed E-state index contributed by atoms with van der Waals surface area (Å²) in [4.78, 5) is 14.5. The van der Waals surface area contributed by atoms with Crippen LogP contribution in [0.5, 0.6) is 0 Å². The molecular formula is C20H21F3N2O2. The zero-order valence-corrected chi connectivity index (χ0v) is 15.0. The van der Waals surface area contributed by atoms with Crippen LogP contribution in [0.3, 0.4) is 0 Å². The molecule has 1 amide bonds. The van der Waals surface area contributed by atoms with Gasteiger partial charge in [-0.2, -0.15) is 13.2 Å². The van der Waals surface area contributed by atoms with Crippen molar-refractivity contribution in [1.82, 2.24) is 4.90 Å². The lowest BCUT2D eigenvalue weighted by Crippen LogP contribution is -2.41. The number of amides is 1. The number of nitrogens with zero attached hydrogens (tertiary/aromatic N) is 1. The lowest BCUT2D eigenvalue weighted by Gasteiger charge is -2.27. The van der Waals surface area contributed by atoms with E-state index in [-0.39, 0.29) is 18.0 Å².